The van der Waals surface area contributed by atoms with E-state index in [-0.39, 0.29) is 0 Å². The van der Waals surface area contributed by atoms with Crippen LogP contribution in [0.15, 0.2) is 29.2 Å². The molecule has 2 fully saturated rings. The van der Waals surface area contributed by atoms with E-state index < -0.39 is 10.0 Å². The molecule has 1 atom stereocenters. The molecule has 0 radical (unpaired) electrons. The quantitative estimate of drug-likeness (QED) is 0.825. The molecule has 1 aromatic rings. The van der Waals surface area contributed by atoms with E-state index in [1.54, 1.807) is 6.07 Å². The Morgan fingerprint density at radius 2 is 2.00 bits per heavy atom. The molecule has 0 aromatic heterocycles. The van der Waals surface area contributed by atoms with Crippen LogP contribution in [0.2, 0.25) is 0 Å². The van der Waals surface area contributed by atoms with Crippen LogP contribution in [0.1, 0.15) is 31.7 Å². The number of likely N-dealkylation sites (tertiary alicyclic amines) is 1. The Morgan fingerprint density at radius 1 is 1.22 bits per heavy atom. The SMILES string of the molecule is CCC1CCCN1Cc1cccc(S(=O)(=O)N2CCOCC2)c1. The van der Waals surface area contributed by atoms with Crippen LogP contribution in [0.3, 0.4) is 0 Å². The van der Waals surface area contributed by atoms with E-state index in [1.807, 2.05) is 18.2 Å². The second kappa shape index (κ2) is 7.30. The molecule has 0 saturated carbocycles. The summed E-state index contributed by atoms with van der Waals surface area (Å²) >= 11 is 0. The largest absolute Gasteiger partial charge is 0.379 e. The average molecular weight is 338 g/mol. The maximum atomic E-state index is 12.8. The average Bonchev–Trinajstić information content (AvgIpc) is 3.03. The van der Waals surface area contributed by atoms with Crippen molar-refractivity contribution in [2.45, 2.75) is 43.7 Å². The van der Waals surface area contributed by atoms with E-state index in [9.17, 15) is 8.42 Å². The molecule has 0 amide bonds. The highest BCUT2D eigenvalue weighted by Gasteiger charge is 2.27. The number of sulfonamides is 1. The van der Waals surface area contributed by atoms with Crippen molar-refractivity contribution in [1.82, 2.24) is 9.21 Å². The van der Waals surface area contributed by atoms with Crippen LogP contribution in [0.25, 0.3) is 0 Å². The lowest BCUT2D eigenvalue weighted by atomic mass is 10.1. The molecule has 0 aliphatic carbocycles. The van der Waals surface area contributed by atoms with E-state index in [4.69, 9.17) is 4.74 Å². The molecule has 5 nitrogen and oxygen atoms in total. The van der Waals surface area contributed by atoms with Gasteiger partial charge < -0.3 is 4.74 Å². The molecule has 3 rings (SSSR count). The van der Waals surface area contributed by atoms with E-state index >= 15 is 0 Å². The molecule has 0 spiro atoms. The molecular weight excluding hydrogens is 312 g/mol. The minimum atomic E-state index is -3.40. The lowest BCUT2D eigenvalue weighted by Gasteiger charge is -2.27. The van der Waals surface area contributed by atoms with Crippen molar-refractivity contribution in [2.75, 3.05) is 32.8 Å². The fourth-order valence-electron chi connectivity index (χ4n) is 3.54. The zero-order valence-electron chi connectivity index (χ0n) is 13.8. The molecule has 2 aliphatic rings. The van der Waals surface area contributed by atoms with Gasteiger partial charge in [-0.2, -0.15) is 4.31 Å². The van der Waals surface area contributed by atoms with Crippen molar-refractivity contribution >= 4 is 10.0 Å². The van der Waals surface area contributed by atoms with Crippen LogP contribution in [-0.4, -0.2) is 56.5 Å². The molecule has 1 unspecified atom stereocenters. The standard InChI is InChI=1S/C17H26N2O3S/c1-2-16-6-4-8-18(16)14-15-5-3-7-17(13-15)23(20,21)19-9-11-22-12-10-19/h3,5,7,13,16H,2,4,6,8-12,14H2,1H3. The Morgan fingerprint density at radius 3 is 2.74 bits per heavy atom. The molecule has 23 heavy (non-hydrogen) atoms. The predicted octanol–water partition coefficient (Wildman–Crippen LogP) is 2.08. The third-order valence-electron chi connectivity index (χ3n) is 4.86. The van der Waals surface area contributed by atoms with Gasteiger partial charge in [0.1, 0.15) is 0 Å². The molecule has 2 heterocycles. The lowest BCUT2D eigenvalue weighted by molar-refractivity contribution is 0.0730. The smallest absolute Gasteiger partial charge is 0.243 e. The van der Waals surface area contributed by atoms with Crippen molar-refractivity contribution in [3.05, 3.63) is 29.8 Å². The third-order valence-corrected chi connectivity index (χ3v) is 6.76. The normalized spacial score (nSPS) is 24.1. The second-order valence-electron chi connectivity index (χ2n) is 6.34. The summed E-state index contributed by atoms with van der Waals surface area (Å²) in [6, 6.07) is 8.07. The van der Waals surface area contributed by atoms with E-state index in [1.165, 1.54) is 17.1 Å². The molecule has 128 valence electrons. The van der Waals surface area contributed by atoms with E-state index in [2.05, 4.69) is 11.8 Å². The van der Waals surface area contributed by atoms with E-state index in [0.717, 1.165) is 25.1 Å². The van der Waals surface area contributed by atoms with Crippen molar-refractivity contribution in [3.63, 3.8) is 0 Å². The lowest BCUT2D eigenvalue weighted by Crippen LogP contribution is -2.40. The molecule has 2 saturated heterocycles. The van der Waals surface area contributed by atoms with Crippen LogP contribution >= 0.6 is 0 Å². The Kier molecular flexibility index (Phi) is 5.36. The van der Waals surface area contributed by atoms with Crippen molar-refractivity contribution < 1.29 is 13.2 Å². The van der Waals surface area contributed by atoms with Crippen LogP contribution in [0.5, 0.6) is 0 Å². The molecule has 0 bridgehead atoms. The summed E-state index contributed by atoms with van der Waals surface area (Å²) in [5.41, 5.74) is 1.08. The monoisotopic (exact) mass is 338 g/mol. The van der Waals surface area contributed by atoms with Gasteiger partial charge in [-0.3, -0.25) is 4.90 Å². The summed E-state index contributed by atoms with van der Waals surface area (Å²) < 4.78 is 32.3. The van der Waals surface area contributed by atoms with Gasteiger partial charge in [-0.15, -0.1) is 0 Å². The third kappa shape index (κ3) is 3.76. The molecule has 0 N–H and O–H groups in total. The summed E-state index contributed by atoms with van der Waals surface area (Å²) in [6.07, 6.45) is 3.65. The highest BCUT2D eigenvalue weighted by Crippen LogP contribution is 2.24. The zero-order chi connectivity index (χ0) is 16.3. The Labute approximate surface area is 139 Å². The first-order valence-corrected chi connectivity index (χ1v) is 9.96. The first kappa shape index (κ1) is 16.9. The zero-order valence-corrected chi connectivity index (χ0v) is 14.6. The molecular formula is C17H26N2O3S. The first-order chi connectivity index (χ1) is 11.1. The summed E-state index contributed by atoms with van der Waals surface area (Å²) in [5.74, 6) is 0. The Balaban J connectivity index is 1.76. The number of ether oxygens (including phenoxy) is 1. The maximum absolute atomic E-state index is 12.8. The second-order valence-corrected chi connectivity index (χ2v) is 8.28. The van der Waals surface area contributed by atoms with Gasteiger partial charge in [0.05, 0.1) is 18.1 Å². The highest BCUT2D eigenvalue weighted by molar-refractivity contribution is 7.89. The van der Waals surface area contributed by atoms with Gasteiger partial charge in [-0.05, 0) is 43.5 Å². The minimum absolute atomic E-state index is 0.407. The van der Waals surface area contributed by atoms with E-state index in [0.29, 0.717) is 37.2 Å². The van der Waals surface area contributed by atoms with Crippen LogP contribution < -0.4 is 0 Å². The number of hydrogen-bond donors (Lipinski definition) is 0. The summed E-state index contributed by atoms with van der Waals surface area (Å²) in [6.45, 7) is 6.01. The highest BCUT2D eigenvalue weighted by atomic mass is 32.2. The van der Waals surface area contributed by atoms with Gasteiger partial charge in [0.25, 0.3) is 0 Å². The van der Waals surface area contributed by atoms with Gasteiger partial charge in [0.15, 0.2) is 0 Å². The van der Waals surface area contributed by atoms with Gasteiger partial charge in [-0.1, -0.05) is 19.1 Å². The fourth-order valence-corrected chi connectivity index (χ4v) is 5.02. The summed E-state index contributed by atoms with van der Waals surface area (Å²) in [5, 5.41) is 0. The minimum Gasteiger partial charge on any atom is -0.379 e. The number of benzene rings is 1. The topological polar surface area (TPSA) is 49.9 Å². The maximum Gasteiger partial charge on any atom is 0.243 e. The van der Waals surface area contributed by atoms with Gasteiger partial charge in [0, 0.05) is 25.7 Å². The van der Waals surface area contributed by atoms with Crippen molar-refractivity contribution in [3.8, 4) is 0 Å². The van der Waals surface area contributed by atoms with Crippen LogP contribution in [0, 0.1) is 0 Å². The Hall–Kier alpha value is -0.950. The number of rotatable bonds is 5. The molecule has 2 aliphatic heterocycles. The number of morpholine rings is 1. The van der Waals surface area contributed by atoms with Crippen molar-refractivity contribution in [1.29, 1.82) is 0 Å². The van der Waals surface area contributed by atoms with Crippen LogP contribution in [0.4, 0.5) is 0 Å². The van der Waals surface area contributed by atoms with Crippen LogP contribution in [-0.2, 0) is 21.3 Å². The van der Waals surface area contributed by atoms with Gasteiger partial charge in [-0.25, -0.2) is 8.42 Å². The van der Waals surface area contributed by atoms with Gasteiger partial charge in [0.2, 0.25) is 10.0 Å². The number of nitrogens with zero attached hydrogens (tertiary/aromatic N) is 2. The summed E-state index contributed by atoms with van der Waals surface area (Å²) in [7, 11) is -3.40. The predicted molar refractivity (Wildman–Crippen MR) is 89.7 cm³/mol. The Bertz CT molecular complexity index is 626. The number of hydrogen-bond acceptors (Lipinski definition) is 4. The summed E-state index contributed by atoms with van der Waals surface area (Å²) in [4.78, 5) is 2.88. The first-order valence-electron chi connectivity index (χ1n) is 8.52. The molecule has 1 aromatic carbocycles. The fraction of sp³-hybridized carbons (Fsp3) is 0.647. The van der Waals surface area contributed by atoms with Crippen molar-refractivity contribution in [2.24, 2.45) is 0 Å². The van der Waals surface area contributed by atoms with Gasteiger partial charge >= 0.3 is 0 Å². The molecule has 6 heteroatoms.